The monoisotopic (exact) mass is 288 g/mol. The summed E-state index contributed by atoms with van der Waals surface area (Å²) in [4.78, 5) is 29.2. The van der Waals surface area contributed by atoms with Gasteiger partial charge >= 0.3 is 11.7 Å². The van der Waals surface area contributed by atoms with Crippen molar-refractivity contribution < 1.29 is 14.8 Å². The first kappa shape index (κ1) is 14.4. The van der Waals surface area contributed by atoms with Gasteiger partial charge in [-0.25, -0.2) is 9.78 Å². The van der Waals surface area contributed by atoms with Crippen LogP contribution in [0.5, 0.6) is 0 Å². The molecule has 8 nitrogen and oxygen atoms in total. The molecule has 0 amide bonds. The van der Waals surface area contributed by atoms with Gasteiger partial charge in [0.25, 0.3) is 0 Å². The number of aromatic nitrogens is 2. The number of anilines is 2. The lowest BCUT2D eigenvalue weighted by atomic mass is 10.2. The number of nitrogens with one attached hydrogen (secondary N) is 1. The third kappa shape index (κ3) is 3.11. The summed E-state index contributed by atoms with van der Waals surface area (Å²) in [7, 11) is 0. The van der Waals surface area contributed by atoms with Crippen molar-refractivity contribution in [3.8, 4) is 0 Å². The van der Waals surface area contributed by atoms with E-state index in [-0.39, 0.29) is 5.82 Å². The second-order valence-electron chi connectivity index (χ2n) is 4.36. The van der Waals surface area contributed by atoms with Crippen LogP contribution in [0, 0.1) is 24.0 Å². The quantitative estimate of drug-likeness (QED) is 0.655. The largest absolute Gasteiger partial charge is 0.477 e. The van der Waals surface area contributed by atoms with Gasteiger partial charge in [-0.2, -0.15) is 0 Å². The van der Waals surface area contributed by atoms with Crippen molar-refractivity contribution in [1.82, 2.24) is 9.97 Å². The van der Waals surface area contributed by atoms with E-state index in [1.165, 1.54) is 0 Å². The molecule has 108 valence electrons. The Morgan fingerprint density at radius 3 is 2.67 bits per heavy atom. The summed E-state index contributed by atoms with van der Waals surface area (Å²) in [5.74, 6) is -1.18. The number of rotatable bonds is 4. The van der Waals surface area contributed by atoms with Crippen LogP contribution in [0.15, 0.2) is 24.4 Å². The smallest absolute Gasteiger partial charge is 0.342 e. The van der Waals surface area contributed by atoms with E-state index >= 15 is 0 Å². The second-order valence-corrected chi connectivity index (χ2v) is 4.36. The molecule has 2 heterocycles. The number of nitro groups is 1. The molecule has 0 radical (unpaired) electrons. The fraction of sp³-hybridized carbons (Fsp3) is 0.154. The minimum atomic E-state index is -1.38. The van der Waals surface area contributed by atoms with Gasteiger partial charge in [-0.05, 0) is 26.0 Å². The first-order chi connectivity index (χ1) is 9.88. The summed E-state index contributed by atoms with van der Waals surface area (Å²) < 4.78 is 0. The summed E-state index contributed by atoms with van der Waals surface area (Å²) in [5.41, 5.74) is 1.24. The molecule has 21 heavy (non-hydrogen) atoms. The summed E-state index contributed by atoms with van der Waals surface area (Å²) in [6.45, 7) is 3.64. The molecule has 0 fully saturated rings. The molecule has 0 unspecified atom stereocenters. The lowest BCUT2D eigenvalue weighted by Gasteiger charge is -2.09. The average Bonchev–Trinajstić information content (AvgIpc) is 2.41. The second kappa shape index (κ2) is 5.53. The van der Waals surface area contributed by atoms with Crippen LogP contribution in [0.25, 0.3) is 0 Å². The first-order valence-electron chi connectivity index (χ1n) is 5.97. The lowest BCUT2D eigenvalue weighted by Crippen LogP contribution is -2.06. The highest BCUT2D eigenvalue weighted by atomic mass is 16.6. The van der Waals surface area contributed by atoms with Gasteiger partial charge in [0, 0.05) is 11.8 Å². The Hall–Kier alpha value is -3.03. The normalized spacial score (nSPS) is 10.2. The molecule has 0 aliphatic rings. The Morgan fingerprint density at radius 1 is 1.38 bits per heavy atom. The predicted octanol–water partition coefficient (Wildman–Crippen LogP) is 2.44. The summed E-state index contributed by atoms with van der Waals surface area (Å²) in [6, 6.07) is 4.69. The van der Waals surface area contributed by atoms with Gasteiger partial charge in [-0.15, -0.1) is 0 Å². The standard InChI is InChI=1S/C13H12N4O4/c1-7-3-4-10(8(2)15-7)16-12-5-9(13(18)19)11(6-14-12)17(20)21/h3-6H,1-2H3,(H,14,16)(H,18,19). The molecule has 0 aliphatic heterocycles. The number of carboxylic acid groups (broad SMARTS) is 1. The van der Waals surface area contributed by atoms with Crippen molar-refractivity contribution in [2.45, 2.75) is 13.8 Å². The SMILES string of the molecule is Cc1ccc(Nc2cc(C(=O)O)c([N+](=O)[O-])cn2)c(C)n1. The Bertz CT molecular complexity index is 730. The van der Waals surface area contributed by atoms with Gasteiger partial charge in [0.2, 0.25) is 0 Å². The molecule has 0 atom stereocenters. The minimum absolute atomic E-state index is 0.201. The fourth-order valence-corrected chi connectivity index (χ4v) is 1.79. The lowest BCUT2D eigenvalue weighted by molar-refractivity contribution is -0.385. The zero-order valence-electron chi connectivity index (χ0n) is 11.3. The molecular weight excluding hydrogens is 276 g/mol. The van der Waals surface area contributed by atoms with Crippen molar-refractivity contribution in [1.29, 1.82) is 0 Å². The van der Waals surface area contributed by atoms with Crippen molar-refractivity contribution in [3.05, 3.63) is 51.5 Å². The highest BCUT2D eigenvalue weighted by Gasteiger charge is 2.21. The molecule has 0 aliphatic carbocycles. The fourth-order valence-electron chi connectivity index (χ4n) is 1.79. The first-order valence-corrected chi connectivity index (χ1v) is 5.97. The van der Waals surface area contributed by atoms with E-state index < -0.39 is 22.1 Å². The molecule has 8 heteroatoms. The molecule has 2 rings (SSSR count). The average molecular weight is 288 g/mol. The van der Waals surface area contributed by atoms with Crippen molar-refractivity contribution in [2.75, 3.05) is 5.32 Å². The Kier molecular flexibility index (Phi) is 3.79. The van der Waals surface area contributed by atoms with E-state index in [4.69, 9.17) is 5.11 Å². The van der Waals surface area contributed by atoms with Gasteiger partial charge in [-0.1, -0.05) is 0 Å². The van der Waals surface area contributed by atoms with Crippen molar-refractivity contribution >= 4 is 23.2 Å². The van der Waals surface area contributed by atoms with Gasteiger partial charge in [0.05, 0.1) is 16.3 Å². The minimum Gasteiger partial charge on any atom is -0.477 e. The zero-order valence-corrected chi connectivity index (χ0v) is 11.3. The molecular formula is C13H12N4O4. The van der Waals surface area contributed by atoms with Gasteiger partial charge in [-0.3, -0.25) is 15.1 Å². The summed E-state index contributed by atoms with van der Waals surface area (Å²) >= 11 is 0. The number of hydrogen-bond acceptors (Lipinski definition) is 6. The number of aromatic carboxylic acids is 1. The van der Waals surface area contributed by atoms with Crippen LogP contribution in [0.4, 0.5) is 17.2 Å². The third-order valence-corrected chi connectivity index (χ3v) is 2.80. The molecule has 0 bridgehead atoms. The Morgan fingerprint density at radius 2 is 2.10 bits per heavy atom. The molecule has 0 saturated carbocycles. The van der Waals surface area contributed by atoms with Crippen LogP contribution < -0.4 is 5.32 Å². The highest BCUT2D eigenvalue weighted by molar-refractivity contribution is 5.93. The van der Waals surface area contributed by atoms with Crippen LogP contribution in [0.2, 0.25) is 0 Å². The zero-order chi connectivity index (χ0) is 15.6. The van der Waals surface area contributed by atoms with E-state index in [1.54, 1.807) is 19.1 Å². The molecule has 2 aromatic heterocycles. The molecule has 2 aromatic rings. The molecule has 0 spiro atoms. The van der Waals surface area contributed by atoms with Crippen LogP contribution in [0.1, 0.15) is 21.7 Å². The maximum Gasteiger partial charge on any atom is 0.342 e. The van der Waals surface area contributed by atoms with Crippen LogP contribution in [0.3, 0.4) is 0 Å². The van der Waals surface area contributed by atoms with Gasteiger partial charge in [0.15, 0.2) is 0 Å². The van der Waals surface area contributed by atoms with E-state index in [0.717, 1.165) is 18.0 Å². The Balaban J connectivity index is 2.39. The van der Waals surface area contributed by atoms with E-state index in [1.807, 2.05) is 6.92 Å². The van der Waals surface area contributed by atoms with Gasteiger partial charge < -0.3 is 10.4 Å². The molecule has 0 aromatic carbocycles. The highest BCUT2D eigenvalue weighted by Crippen LogP contribution is 2.23. The number of pyridine rings is 2. The van der Waals surface area contributed by atoms with Gasteiger partial charge in [0.1, 0.15) is 17.6 Å². The van der Waals surface area contributed by atoms with Crippen molar-refractivity contribution in [3.63, 3.8) is 0 Å². The van der Waals surface area contributed by atoms with Crippen molar-refractivity contribution in [2.24, 2.45) is 0 Å². The number of aryl methyl sites for hydroxylation is 2. The topological polar surface area (TPSA) is 118 Å². The maximum atomic E-state index is 11.1. The third-order valence-electron chi connectivity index (χ3n) is 2.80. The number of hydrogen-bond donors (Lipinski definition) is 2. The number of nitrogens with zero attached hydrogens (tertiary/aromatic N) is 3. The Labute approximate surface area is 119 Å². The molecule has 2 N–H and O–H groups in total. The van der Waals surface area contributed by atoms with Crippen LogP contribution in [-0.2, 0) is 0 Å². The summed E-state index contributed by atoms with van der Waals surface area (Å²) in [6.07, 6.45) is 0.919. The van der Waals surface area contributed by atoms with E-state index in [9.17, 15) is 14.9 Å². The van der Waals surface area contributed by atoms with E-state index in [2.05, 4.69) is 15.3 Å². The van der Waals surface area contributed by atoms with E-state index in [0.29, 0.717) is 11.4 Å². The number of carbonyl (C=O) groups is 1. The maximum absolute atomic E-state index is 11.1. The summed E-state index contributed by atoms with van der Waals surface area (Å²) in [5, 5.41) is 22.7. The number of carboxylic acids is 1. The van der Waals surface area contributed by atoms with Crippen LogP contribution in [-0.4, -0.2) is 26.0 Å². The van der Waals surface area contributed by atoms with Crippen LogP contribution >= 0.6 is 0 Å². The molecule has 0 saturated heterocycles. The predicted molar refractivity (Wildman–Crippen MR) is 74.8 cm³/mol.